The lowest BCUT2D eigenvalue weighted by Crippen LogP contribution is -2.66. The summed E-state index contributed by atoms with van der Waals surface area (Å²) in [7, 11) is 0. The molecule has 0 aromatic carbocycles. The lowest BCUT2D eigenvalue weighted by molar-refractivity contribution is 0.211. The summed E-state index contributed by atoms with van der Waals surface area (Å²) in [4.78, 5) is 0. The van der Waals surface area contributed by atoms with Crippen LogP contribution in [0.5, 0.6) is 0 Å². The molecule has 0 aromatic heterocycles. The highest BCUT2D eigenvalue weighted by Crippen LogP contribution is 2.15. The SMILES string of the molecule is CC1[N]CC1(C)N. The number of rotatable bonds is 0. The van der Waals surface area contributed by atoms with Gasteiger partial charge in [-0.15, -0.1) is 0 Å². The Labute approximate surface area is 44.1 Å². The Hall–Kier alpha value is -0.0800. The summed E-state index contributed by atoms with van der Waals surface area (Å²) in [5, 5.41) is 4.10. The van der Waals surface area contributed by atoms with E-state index in [2.05, 4.69) is 5.32 Å². The largest absolute Gasteiger partial charge is 0.323 e. The Bertz CT molecular complexity index is 78.1. The number of hydrogen-bond acceptors (Lipinski definition) is 1. The lowest BCUT2D eigenvalue weighted by Gasteiger charge is -2.41. The van der Waals surface area contributed by atoms with Crippen LogP contribution in [0.3, 0.4) is 0 Å². The number of nitrogens with zero attached hydrogens (tertiary/aromatic N) is 1. The average Bonchev–Trinajstić information content (AvgIpc) is 1.63. The number of hydrogen-bond donors (Lipinski definition) is 1. The van der Waals surface area contributed by atoms with Gasteiger partial charge in [-0.25, -0.2) is 5.32 Å². The molecule has 0 saturated carbocycles. The third-order valence-corrected chi connectivity index (χ3v) is 1.66. The second-order valence-electron chi connectivity index (χ2n) is 2.52. The van der Waals surface area contributed by atoms with E-state index in [-0.39, 0.29) is 5.54 Å². The molecule has 1 fully saturated rings. The smallest absolute Gasteiger partial charge is 0.0438 e. The minimum absolute atomic E-state index is 0.0139. The molecule has 0 spiro atoms. The topological polar surface area (TPSA) is 40.1 Å². The van der Waals surface area contributed by atoms with E-state index < -0.39 is 0 Å². The molecule has 1 aliphatic heterocycles. The van der Waals surface area contributed by atoms with Gasteiger partial charge in [0.2, 0.25) is 0 Å². The molecule has 1 aliphatic rings. The molecule has 2 N–H and O–H groups in total. The van der Waals surface area contributed by atoms with Crippen molar-refractivity contribution in [1.29, 1.82) is 0 Å². The summed E-state index contributed by atoms with van der Waals surface area (Å²) in [6, 6.07) is 0.382. The van der Waals surface area contributed by atoms with Crippen molar-refractivity contribution in [3.8, 4) is 0 Å². The molecule has 0 aromatic rings. The molecule has 1 radical (unpaired) electrons. The summed E-state index contributed by atoms with van der Waals surface area (Å²) >= 11 is 0. The van der Waals surface area contributed by atoms with Gasteiger partial charge in [-0.1, -0.05) is 0 Å². The van der Waals surface area contributed by atoms with Gasteiger partial charge in [0.05, 0.1) is 0 Å². The monoisotopic (exact) mass is 99.1 g/mol. The average molecular weight is 99.2 g/mol. The standard InChI is InChI=1S/C5H11N2/c1-4-5(2,6)3-7-4/h4H,3,6H2,1-2H3. The second-order valence-corrected chi connectivity index (χ2v) is 2.52. The first-order valence-electron chi connectivity index (χ1n) is 2.58. The van der Waals surface area contributed by atoms with Crippen molar-refractivity contribution >= 4 is 0 Å². The minimum atomic E-state index is 0.0139. The van der Waals surface area contributed by atoms with Crippen molar-refractivity contribution < 1.29 is 0 Å². The van der Waals surface area contributed by atoms with Crippen LogP contribution in [0, 0.1) is 0 Å². The predicted octanol–water partition coefficient (Wildman–Crippen LogP) is -0.290. The number of nitrogens with two attached hydrogens (primary N) is 1. The van der Waals surface area contributed by atoms with Crippen molar-refractivity contribution in [2.24, 2.45) is 5.73 Å². The first-order valence-corrected chi connectivity index (χ1v) is 2.58. The molecular formula is C5H11N2. The Morgan fingerprint density at radius 2 is 2.29 bits per heavy atom. The van der Waals surface area contributed by atoms with E-state index in [9.17, 15) is 0 Å². The molecule has 41 valence electrons. The van der Waals surface area contributed by atoms with Crippen LogP contribution >= 0.6 is 0 Å². The van der Waals surface area contributed by atoms with Crippen LogP contribution in [-0.4, -0.2) is 18.1 Å². The second kappa shape index (κ2) is 1.20. The zero-order valence-corrected chi connectivity index (χ0v) is 4.81. The summed E-state index contributed by atoms with van der Waals surface area (Å²) in [5.41, 5.74) is 5.69. The maximum Gasteiger partial charge on any atom is 0.0438 e. The maximum absolute atomic E-state index is 5.67. The molecule has 2 unspecified atom stereocenters. The van der Waals surface area contributed by atoms with Crippen LogP contribution in [0.15, 0.2) is 0 Å². The van der Waals surface area contributed by atoms with Crippen molar-refractivity contribution in [2.75, 3.05) is 6.54 Å². The zero-order valence-electron chi connectivity index (χ0n) is 4.81. The molecule has 2 nitrogen and oxygen atoms in total. The van der Waals surface area contributed by atoms with E-state index in [1.165, 1.54) is 0 Å². The first-order chi connectivity index (χ1) is 3.13. The molecule has 0 aliphatic carbocycles. The Morgan fingerprint density at radius 1 is 1.86 bits per heavy atom. The van der Waals surface area contributed by atoms with Crippen molar-refractivity contribution in [3.05, 3.63) is 0 Å². The van der Waals surface area contributed by atoms with Gasteiger partial charge in [-0.2, -0.15) is 0 Å². The van der Waals surface area contributed by atoms with Crippen LogP contribution in [0.2, 0.25) is 0 Å². The Kier molecular flexibility index (Phi) is 0.869. The fraction of sp³-hybridized carbons (Fsp3) is 1.00. The van der Waals surface area contributed by atoms with E-state index in [4.69, 9.17) is 5.73 Å². The minimum Gasteiger partial charge on any atom is -0.323 e. The molecule has 1 heterocycles. The van der Waals surface area contributed by atoms with Gasteiger partial charge in [-0.3, -0.25) is 0 Å². The molecule has 1 saturated heterocycles. The van der Waals surface area contributed by atoms with E-state index >= 15 is 0 Å². The van der Waals surface area contributed by atoms with E-state index in [0.29, 0.717) is 6.04 Å². The van der Waals surface area contributed by atoms with Gasteiger partial charge in [-0.05, 0) is 13.8 Å². The highest BCUT2D eigenvalue weighted by molar-refractivity contribution is 5.00. The zero-order chi connectivity index (χ0) is 5.49. The maximum atomic E-state index is 5.67. The van der Waals surface area contributed by atoms with E-state index in [0.717, 1.165) is 6.54 Å². The van der Waals surface area contributed by atoms with E-state index in [1.807, 2.05) is 13.8 Å². The summed E-state index contributed by atoms with van der Waals surface area (Å²) in [5.74, 6) is 0. The highest BCUT2D eigenvalue weighted by atomic mass is 15.1. The van der Waals surface area contributed by atoms with Crippen molar-refractivity contribution in [1.82, 2.24) is 5.32 Å². The lowest BCUT2D eigenvalue weighted by atomic mass is 9.87. The summed E-state index contributed by atoms with van der Waals surface area (Å²) in [6.07, 6.45) is 0. The first kappa shape index (κ1) is 5.06. The van der Waals surface area contributed by atoms with Crippen LogP contribution in [0.25, 0.3) is 0 Å². The molecule has 0 amide bonds. The molecular weight excluding hydrogens is 88.1 g/mol. The van der Waals surface area contributed by atoms with Crippen LogP contribution in [0.4, 0.5) is 0 Å². The predicted molar refractivity (Wildman–Crippen MR) is 29.1 cm³/mol. The fourth-order valence-electron chi connectivity index (χ4n) is 0.562. The van der Waals surface area contributed by atoms with Crippen LogP contribution in [0.1, 0.15) is 13.8 Å². The Balaban J connectivity index is 2.43. The fourth-order valence-corrected chi connectivity index (χ4v) is 0.562. The van der Waals surface area contributed by atoms with Gasteiger partial charge in [0.1, 0.15) is 0 Å². The van der Waals surface area contributed by atoms with Gasteiger partial charge in [0, 0.05) is 18.1 Å². The van der Waals surface area contributed by atoms with Gasteiger partial charge in [0.15, 0.2) is 0 Å². The van der Waals surface area contributed by atoms with Crippen molar-refractivity contribution in [2.45, 2.75) is 25.4 Å². The third-order valence-electron chi connectivity index (χ3n) is 1.66. The molecule has 2 heteroatoms. The molecule has 1 rings (SSSR count). The molecule has 7 heavy (non-hydrogen) atoms. The van der Waals surface area contributed by atoms with Gasteiger partial charge < -0.3 is 5.73 Å². The third kappa shape index (κ3) is 0.640. The van der Waals surface area contributed by atoms with Gasteiger partial charge >= 0.3 is 0 Å². The summed E-state index contributed by atoms with van der Waals surface area (Å²) in [6.45, 7) is 4.92. The van der Waals surface area contributed by atoms with Crippen molar-refractivity contribution in [3.63, 3.8) is 0 Å². The van der Waals surface area contributed by atoms with Gasteiger partial charge in [0.25, 0.3) is 0 Å². The molecule has 2 atom stereocenters. The van der Waals surface area contributed by atoms with E-state index in [1.54, 1.807) is 0 Å². The highest BCUT2D eigenvalue weighted by Gasteiger charge is 2.36. The molecule has 0 bridgehead atoms. The Morgan fingerprint density at radius 3 is 2.29 bits per heavy atom. The summed E-state index contributed by atoms with van der Waals surface area (Å²) < 4.78 is 0. The van der Waals surface area contributed by atoms with Crippen LogP contribution < -0.4 is 11.1 Å². The normalized spacial score (nSPS) is 51.0. The van der Waals surface area contributed by atoms with Crippen LogP contribution in [-0.2, 0) is 0 Å². The quantitative estimate of drug-likeness (QED) is 0.445.